The van der Waals surface area contributed by atoms with E-state index in [1.807, 2.05) is 0 Å². The standard InChI is InChI=1S/C22H27NO7/c1-4-15-16(9-19(28)23-22(2,11-24)12-25)20(18(27)10-17(15)26)21(29)13-5-7-14(30-3)8-6-13/h5-8,10,24-27H,4,9,11-12H2,1-3H3,(H,23,28). The molecule has 2 aromatic rings. The monoisotopic (exact) mass is 417 g/mol. The normalized spacial score (nSPS) is 11.2. The van der Waals surface area contributed by atoms with Crippen LogP contribution in [-0.4, -0.2) is 58.0 Å². The summed E-state index contributed by atoms with van der Waals surface area (Å²) in [5.74, 6) is -1.21. The Morgan fingerprint density at radius 1 is 1.03 bits per heavy atom. The number of hydrogen-bond acceptors (Lipinski definition) is 7. The van der Waals surface area contributed by atoms with Crippen molar-refractivity contribution < 1.29 is 34.8 Å². The Balaban J connectivity index is 2.52. The molecular formula is C22H27NO7. The van der Waals surface area contributed by atoms with Gasteiger partial charge in [0.1, 0.15) is 17.2 Å². The van der Waals surface area contributed by atoms with E-state index in [-0.39, 0.29) is 28.9 Å². The summed E-state index contributed by atoms with van der Waals surface area (Å²) in [5, 5.41) is 42.0. The summed E-state index contributed by atoms with van der Waals surface area (Å²) < 4.78 is 5.09. The van der Waals surface area contributed by atoms with Crippen LogP contribution < -0.4 is 10.1 Å². The van der Waals surface area contributed by atoms with Crippen LogP contribution in [0.4, 0.5) is 0 Å². The largest absolute Gasteiger partial charge is 0.508 e. The van der Waals surface area contributed by atoms with Crippen LogP contribution in [0, 0.1) is 0 Å². The topological polar surface area (TPSA) is 136 Å². The summed E-state index contributed by atoms with van der Waals surface area (Å²) in [6, 6.07) is 7.37. The van der Waals surface area contributed by atoms with Gasteiger partial charge < -0.3 is 30.5 Å². The first kappa shape index (κ1) is 23.2. The Hall–Kier alpha value is -3.10. The van der Waals surface area contributed by atoms with Gasteiger partial charge in [0, 0.05) is 11.6 Å². The minimum Gasteiger partial charge on any atom is -0.508 e. The van der Waals surface area contributed by atoms with Gasteiger partial charge in [-0.2, -0.15) is 0 Å². The molecule has 0 saturated heterocycles. The number of ketones is 1. The Morgan fingerprint density at radius 3 is 2.13 bits per heavy atom. The molecule has 0 aromatic heterocycles. The average molecular weight is 417 g/mol. The van der Waals surface area contributed by atoms with Crippen LogP contribution in [0.25, 0.3) is 0 Å². The lowest BCUT2D eigenvalue weighted by Gasteiger charge is -2.26. The van der Waals surface area contributed by atoms with E-state index in [9.17, 15) is 30.0 Å². The van der Waals surface area contributed by atoms with Crippen molar-refractivity contribution in [1.82, 2.24) is 5.32 Å². The van der Waals surface area contributed by atoms with Crippen molar-refractivity contribution in [2.45, 2.75) is 32.2 Å². The van der Waals surface area contributed by atoms with E-state index >= 15 is 0 Å². The van der Waals surface area contributed by atoms with Crippen LogP contribution in [-0.2, 0) is 17.6 Å². The Labute approximate surface area is 174 Å². The summed E-state index contributed by atoms with van der Waals surface area (Å²) in [6.45, 7) is 2.24. The highest BCUT2D eigenvalue weighted by molar-refractivity contribution is 6.12. The maximum Gasteiger partial charge on any atom is 0.225 e. The number of benzene rings is 2. The molecule has 0 unspecified atom stereocenters. The molecule has 30 heavy (non-hydrogen) atoms. The lowest BCUT2D eigenvalue weighted by Crippen LogP contribution is -2.52. The lowest BCUT2D eigenvalue weighted by molar-refractivity contribution is -0.123. The van der Waals surface area contributed by atoms with Gasteiger partial charge in [-0.15, -0.1) is 0 Å². The fourth-order valence-electron chi connectivity index (χ4n) is 3.15. The van der Waals surface area contributed by atoms with Gasteiger partial charge in [0.25, 0.3) is 0 Å². The second kappa shape index (κ2) is 9.60. The zero-order valence-corrected chi connectivity index (χ0v) is 17.2. The zero-order valence-electron chi connectivity index (χ0n) is 17.2. The van der Waals surface area contributed by atoms with Crippen LogP contribution in [0.1, 0.15) is 40.9 Å². The molecule has 0 fully saturated rings. The minimum absolute atomic E-state index is 0.0836. The number of phenolic OH excluding ortho intramolecular Hbond substituents is 2. The Morgan fingerprint density at radius 2 is 1.63 bits per heavy atom. The smallest absolute Gasteiger partial charge is 0.225 e. The average Bonchev–Trinajstić information content (AvgIpc) is 2.73. The molecule has 0 saturated carbocycles. The number of aliphatic hydroxyl groups is 2. The molecule has 0 heterocycles. The van der Waals surface area contributed by atoms with Gasteiger partial charge in [-0.25, -0.2) is 0 Å². The number of aromatic hydroxyl groups is 2. The van der Waals surface area contributed by atoms with Gasteiger partial charge in [0.05, 0.1) is 37.8 Å². The molecule has 5 N–H and O–H groups in total. The highest BCUT2D eigenvalue weighted by Crippen LogP contribution is 2.35. The zero-order chi connectivity index (χ0) is 22.5. The second-order valence-electron chi connectivity index (χ2n) is 7.26. The molecule has 0 aliphatic rings. The summed E-state index contributed by atoms with van der Waals surface area (Å²) in [4.78, 5) is 25.8. The number of carbonyl (C=O) groups excluding carboxylic acids is 2. The van der Waals surface area contributed by atoms with Gasteiger partial charge >= 0.3 is 0 Å². The van der Waals surface area contributed by atoms with Gasteiger partial charge in [0.15, 0.2) is 5.78 Å². The molecule has 0 bridgehead atoms. The highest BCUT2D eigenvalue weighted by atomic mass is 16.5. The third-order valence-corrected chi connectivity index (χ3v) is 4.91. The number of nitrogens with one attached hydrogen (secondary N) is 1. The minimum atomic E-state index is -1.25. The molecular weight excluding hydrogens is 390 g/mol. The number of hydrogen-bond donors (Lipinski definition) is 5. The van der Waals surface area contributed by atoms with Crippen molar-refractivity contribution in [3.05, 3.63) is 52.6 Å². The molecule has 0 radical (unpaired) electrons. The van der Waals surface area contributed by atoms with E-state index in [0.717, 1.165) is 6.07 Å². The van der Waals surface area contributed by atoms with Gasteiger partial charge in [-0.1, -0.05) is 6.92 Å². The van der Waals surface area contributed by atoms with Crippen LogP contribution >= 0.6 is 0 Å². The van der Waals surface area contributed by atoms with E-state index in [1.165, 1.54) is 26.2 Å². The van der Waals surface area contributed by atoms with Crippen LogP contribution in [0.5, 0.6) is 17.2 Å². The number of rotatable bonds is 9. The molecule has 8 heteroatoms. The molecule has 1 amide bonds. The first-order valence-electron chi connectivity index (χ1n) is 9.47. The number of phenols is 2. The van der Waals surface area contributed by atoms with E-state index in [1.54, 1.807) is 19.1 Å². The number of methoxy groups -OCH3 is 1. The van der Waals surface area contributed by atoms with Crippen LogP contribution in [0.2, 0.25) is 0 Å². The van der Waals surface area contributed by atoms with Crippen molar-refractivity contribution in [3.8, 4) is 17.2 Å². The predicted molar refractivity (Wildman–Crippen MR) is 110 cm³/mol. The summed E-state index contributed by atoms with van der Waals surface area (Å²) in [5.41, 5.74) is -0.514. The molecule has 2 aromatic carbocycles. The summed E-state index contributed by atoms with van der Waals surface area (Å²) in [6.07, 6.45) is -0.0210. The number of carbonyl (C=O) groups is 2. The van der Waals surface area contributed by atoms with E-state index in [2.05, 4.69) is 5.32 Å². The molecule has 0 aliphatic carbocycles. The maximum atomic E-state index is 13.2. The van der Waals surface area contributed by atoms with Gasteiger partial charge in [-0.05, 0) is 48.7 Å². The summed E-state index contributed by atoms with van der Waals surface area (Å²) >= 11 is 0. The fourth-order valence-corrected chi connectivity index (χ4v) is 3.15. The lowest BCUT2D eigenvalue weighted by atomic mass is 9.89. The maximum absolute atomic E-state index is 13.2. The summed E-state index contributed by atoms with van der Waals surface area (Å²) in [7, 11) is 1.50. The van der Waals surface area contributed by atoms with Crippen molar-refractivity contribution in [2.75, 3.05) is 20.3 Å². The van der Waals surface area contributed by atoms with Gasteiger partial charge in [0.2, 0.25) is 5.91 Å². The van der Waals surface area contributed by atoms with Crippen molar-refractivity contribution in [3.63, 3.8) is 0 Å². The predicted octanol–water partition coefficient (Wildman–Crippen LogP) is 1.30. The van der Waals surface area contributed by atoms with E-state index in [0.29, 0.717) is 17.7 Å². The fraction of sp³-hybridized carbons (Fsp3) is 0.364. The van der Waals surface area contributed by atoms with E-state index in [4.69, 9.17) is 4.74 Å². The molecule has 162 valence electrons. The molecule has 0 atom stereocenters. The number of aliphatic hydroxyl groups excluding tert-OH is 2. The first-order chi connectivity index (χ1) is 14.2. The van der Waals surface area contributed by atoms with Crippen molar-refractivity contribution >= 4 is 11.7 Å². The third-order valence-electron chi connectivity index (χ3n) is 4.91. The Bertz CT molecular complexity index is 918. The first-order valence-corrected chi connectivity index (χ1v) is 9.47. The quantitative estimate of drug-likeness (QED) is 0.388. The SMILES string of the molecule is CCc1c(O)cc(O)c(C(=O)c2ccc(OC)cc2)c1CC(=O)NC(C)(CO)CO. The molecule has 2 rings (SSSR count). The molecule has 0 spiro atoms. The van der Waals surface area contributed by atoms with Crippen LogP contribution in [0.15, 0.2) is 30.3 Å². The third kappa shape index (κ3) is 4.90. The number of ether oxygens (including phenoxy) is 1. The van der Waals surface area contributed by atoms with Crippen molar-refractivity contribution in [2.24, 2.45) is 0 Å². The molecule has 8 nitrogen and oxygen atoms in total. The van der Waals surface area contributed by atoms with Crippen molar-refractivity contribution in [1.29, 1.82) is 0 Å². The van der Waals surface area contributed by atoms with Crippen LogP contribution in [0.3, 0.4) is 0 Å². The Kier molecular flexibility index (Phi) is 7.42. The highest BCUT2D eigenvalue weighted by Gasteiger charge is 2.28. The number of amides is 1. The van der Waals surface area contributed by atoms with E-state index < -0.39 is 36.2 Å². The van der Waals surface area contributed by atoms with Gasteiger partial charge in [-0.3, -0.25) is 9.59 Å². The second-order valence-corrected chi connectivity index (χ2v) is 7.26. The molecule has 0 aliphatic heterocycles.